The highest BCUT2D eigenvalue weighted by Gasteiger charge is 2.16. The van der Waals surface area contributed by atoms with E-state index < -0.39 is 0 Å². The Kier molecular flexibility index (Phi) is 6.92. The minimum absolute atomic E-state index is 0.0660. The number of nitrogens with zero attached hydrogens (tertiary/aromatic N) is 1. The van der Waals surface area contributed by atoms with Gasteiger partial charge in [-0.2, -0.15) is 0 Å². The molecule has 1 aromatic carbocycles. The van der Waals surface area contributed by atoms with E-state index in [1.165, 1.54) is 37.1 Å². The maximum absolute atomic E-state index is 12.3. The number of carbonyl (C=O) groups is 1. The molecule has 0 aliphatic heterocycles. The number of methoxy groups -OCH3 is 1. The number of rotatable bonds is 7. The molecule has 0 bridgehead atoms. The molecule has 1 aliphatic carbocycles. The number of H-pyrrole nitrogens is 1. The molecule has 7 heteroatoms. The van der Waals surface area contributed by atoms with Crippen molar-refractivity contribution < 1.29 is 9.53 Å². The minimum atomic E-state index is -0.237. The van der Waals surface area contributed by atoms with Crippen molar-refractivity contribution in [3.63, 3.8) is 0 Å². The molecule has 3 rings (SSSR count). The van der Waals surface area contributed by atoms with Crippen LogP contribution < -0.4 is 15.6 Å². The van der Waals surface area contributed by atoms with E-state index in [9.17, 15) is 9.59 Å². The fourth-order valence-corrected chi connectivity index (χ4v) is 4.08. The third-order valence-corrected chi connectivity index (χ3v) is 5.54. The number of hydrogen-bond acceptors (Lipinski definition) is 5. The zero-order valence-corrected chi connectivity index (χ0v) is 16.3. The quantitative estimate of drug-likeness (QED) is 0.563. The summed E-state index contributed by atoms with van der Waals surface area (Å²) in [7, 11) is 1.63. The zero-order chi connectivity index (χ0) is 19.1. The average Bonchev–Trinajstić information content (AvgIpc) is 2.67. The van der Waals surface area contributed by atoms with Crippen LogP contribution >= 0.6 is 11.8 Å². The van der Waals surface area contributed by atoms with Crippen molar-refractivity contribution in [1.29, 1.82) is 0 Å². The van der Waals surface area contributed by atoms with Crippen LogP contribution in [0.4, 0.5) is 0 Å². The lowest BCUT2D eigenvalue weighted by molar-refractivity contribution is -0.121. The molecule has 1 aliphatic rings. The molecule has 1 aromatic heterocycles. The van der Waals surface area contributed by atoms with Gasteiger partial charge >= 0.3 is 0 Å². The van der Waals surface area contributed by atoms with Crippen LogP contribution in [0, 0.1) is 0 Å². The first-order valence-corrected chi connectivity index (χ1v) is 10.3. The van der Waals surface area contributed by atoms with Crippen LogP contribution in [0.5, 0.6) is 5.75 Å². The molecule has 1 fully saturated rings. The van der Waals surface area contributed by atoms with Gasteiger partial charge in [-0.25, -0.2) is 4.98 Å². The van der Waals surface area contributed by atoms with Gasteiger partial charge in [0.05, 0.1) is 19.2 Å². The Hall–Kier alpha value is -2.28. The Morgan fingerprint density at radius 1 is 1.30 bits per heavy atom. The lowest BCUT2D eigenvalue weighted by atomic mass is 9.95. The molecule has 27 heavy (non-hydrogen) atoms. The molecule has 0 spiro atoms. The maximum atomic E-state index is 12.3. The third kappa shape index (κ3) is 6.13. The van der Waals surface area contributed by atoms with Gasteiger partial charge in [-0.05, 0) is 30.5 Å². The van der Waals surface area contributed by atoms with Crippen LogP contribution in [0.25, 0.3) is 0 Å². The molecule has 1 amide bonds. The number of nitrogens with one attached hydrogen (secondary N) is 2. The monoisotopic (exact) mass is 387 g/mol. The fourth-order valence-electron chi connectivity index (χ4n) is 3.25. The summed E-state index contributed by atoms with van der Waals surface area (Å²) in [4.78, 5) is 31.4. The second-order valence-electron chi connectivity index (χ2n) is 6.76. The molecule has 1 saturated carbocycles. The van der Waals surface area contributed by atoms with Crippen LogP contribution in [0.2, 0.25) is 0 Å². The highest BCUT2D eigenvalue weighted by atomic mass is 32.2. The van der Waals surface area contributed by atoms with Crippen molar-refractivity contribution >= 4 is 17.7 Å². The van der Waals surface area contributed by atoms with Crippen LogP contribution in [0.15, 0.2) is 40.3 Å². The number of ether oxygens (including phenoxy) is 1. The molecule has 6 nitrogen and oxygen atoms in total. The average molecular weight is 388 g/mol. The Labute approximate surface area is 163 Å². The summed E-state index contributed by atoms with van der Waals surface area (Å²) in [6.07, 6.45) is 5.79. The highest BCUT2D eigenvalue weighted by Crippen LogP contribution is 2.21. The van der Waals surface area contributed by atoms with Gasteiger partial charge in [0, 0.05) is 17.9 Å². The van der Waals surface area contributed by atoms with Gasteiger partial charge in [-0.1, -0.05) is 43.2 Å². The Balaban J connectivity index is 1.59. The molecule has 0 unspecified atom stereocenters. The summed E-state index contributed by atoms with van der Waals surface area (Å²) in [5, 5.41) is 3.58. The third-order valence-electron chi connectivity index (χ3n) is 4.59. The normalized spacial score (nSPS) is 14.7. The number of carbonyl (C=O) groups excluding carboxylic acids is 1. The van der Waals surface area contributed by atoms with Crippen LogP contribution in [-0.2, 0) is 17.0 Å². The largest absolute Gasteiger partial charge is 0.497 e. The summed E-state index contributed by atoms with van der Waals surface area (Å²) in [6, 6.07) is 9.42. The van der Waals surface area contributed by atoms with Crippen LogP contribution in [0.1, 0.15) is 43.4 Å². The van der Waals surface area contributed by atoms with E-state index in [1.807, 2.05) is 24.3 Å². The number of aromatic amines is 1. The number of amides is 1. The predicted octanol–water partition coefficient (Wildman–Crippen LogP) is 3.06. The van der Waals surface area contributed by atoms with Gasteiger partial charge in [0.2, 0.25) is 5.91 Å². The minimum Gasteiger partial charge on any atom is -0.497 e. The summed E-state index contributed by atoms with van der Waals surface area (Å²) in [5.74, 6) is 1.38. The topological polar surface area (TPSA) is 84.1 Å². The first kappa shape index (κ1) is 19.5. The van der Waals surface area contributed by atoms with Crippen LogP contribution in [0.3, 0.4) is 0 Å². The number of aromatic nitrogens is 2. The summed E-state index contributed by atoms with van der Waals surface area (Å²) in [5.41, 5.74) is 1.33. The lowest BCUT2D eigenvalue weighted by Gasteiger charge is -2.22. The smallest absolute Gasteiger partial charge is 0.251 e. The molecule has 0 atom stereocenters. The maximum Gasteiger partial charge on any atom is 0.251 e. The number of thioether (sulfide) groups is 1. The second-order valence-corrected chi connectivity index (χ2v) is 7.73. The molecule has 2 N–H and O–H groups in total. The molecular formula is C20H25N3O3S. The van der Waals surface area contributed by atoms with Gasteiger partial charge < -0.3 is 15.0 Å². The SMILES string of the molecule is COc1cccc(CSc2nc(CC(=O)NC3CCCCC3)cc(=O)[nH]2)c1. The van der Waals surface area contributed by atoms with Crippen molar-refractivity contribution in [1.82, 2.24) is 15.3 Å². The summed E-state index contributed by atoms with van der Waals surface area (Å²) < 4.78 is 5.22. The predicted molar refractivity (Wildman–Crippen MR) is 106 cm³/mol. The molecular weight excluding hydrogens is 362 g/mol. The van der Waals surface area contributed by atoms with Crippen molar-refractivity contribution in [2.75, 3.05) is 7.11 Å². The Morgan fingerprint density at radius 2 is 2.11 bits per heavy atom. The number of hydrogen-bond donors (Lipinski definition) is 2. The zero-order valence-electron chi connectivity index (χ0n) is 15.5. The second kappa shape index (κ2) is 9.60. The Morgan fingerprint density at radius 3 is 2.89 bits per heavy atom. The van der Waals surface area contributed by atoms with Crippen LogP contribution in [-0.4, -0.2) is 29.0 Å². The standard InChI is InChI=1S/C20H25N3O3S/c1-26-17-9-5-6-14(10-17)13-27-20-22-16(12-19(25)23-20)11-18(24)21-15-7-3-2-4-8-15/h5-6,9-10,12,15H,2-4,7-8,11,13H2,1H3,(H,21,24)(H,22,23,25). The van der Waals surface area contributed by atoms with E-state index in [-0.39, 0.29) is 23.9 Å². The van der Waals surface area contributed by atoms with E-state index in [2.05, 4.69) is 15.3 Å². The number of benzene rings is 1. The van der Waals surface area contributed by atoms with E-state index in [0.717, 1.165) is 24.2 Å². The van der Waals surface area contributed by atoms with Gasteiger partial charge in [-0.3, -0.25) is 9.59 Å². The van der Waals surface area contributed by atoms with Gasteiger partial charge in [0.1, 0.15) is 5.75 Å². The Bertz CT molecular complexity index is 831. The first-order valence-electron chi connectivity index (χ1n) is 9.28. The van der Waals surface area contributed by atoms with E-state index in [4.69, 9.17) is 4.74 Å². The summed E-state index contributed by atoms with van der Waals surface area (Å²) >= 11 is 1.43. The van der Waals surface area contributed by atoms with E-state index in [0.29, 0.717) is 16.6 Å². The molecule has 1 heterocycles. The van der Waals surface area contributed by atoms with Crippen molar-refractivity contribution in [2.24, 2.45) is 0 Å². The molecule has 0 radical (unpaired) electrons. The lowest BCUT2D eigenvalue weighted by Crippen LogP contribution is -2.37. The van der Waals surface area contributed by atoms with Gasteiger partial charge in [0.15, 0.2) is 5.16 Å². The highest BCUT2D eigenvalue weighted by molar-refractivity contribution is 7.98. The van der Waals surface area contributed by atoms with Gasteiger partial charge in [-0.15, -0.1) is 0 Å². The van der Waals surface area contributed by atoms with E-state index in [1.54, 1.807) is 7.11 Å². The van der Waals surface area contributed by atoms with Crippen molar-refractivity contribution in [2.45, 2.75) is 55.5 Å². The first-order chi connectivity index (χ1) is 13.1. The fraction of sp³-hybridized carbons (Fsp3) is 0.450. The van der Waals surface area contributed by atoms with Crippen molar-refractivity contribution in [3.05, 3.63) is 51.9 Å². The van der Waals surface area contributed by atoms with Gasteiger partial charge in [0.25, 0.3) is 5.56 Å². The van der Waals surface area contributed by atoms with E-state index >= 15 is 0 Å². The summed E-state index contributed by atoms with van der Waals surface area (Å²) in [6.45, 7) is 0. The molecule has 144 valence electrons. The molecule has 2 aromatic rings. The van der Waals surface area contributed by atoms with Crippen molar-refractivity contribution in [3.8, 4) is 5.75 Å². The molecule has 0 saturated heterocycles.